The Labute approximate surface area is 253 Å². The maximum absolute atomic E-state index is 13.8. The number of nitrogens with zero attached hydrogens (tertiary/aromatic N) is 3. The molecule has 8 nitrogen and oxygen atoms in total. The largest absolute Gasteiger partial charge is 0.489 e. The fourth-order valence-electron chi connectivity index (χ4n) is 5.16. The van der Waals surface area contributed by atoms with Crippen molar-refractivity contribution in [1.29, 1.82) is 0 Å². The van der Waals surface area contributed by atoms with Gasteiger partial charge in [-0.3, -0.25) is 4.79 Å². The van der Waals surface area contributed by atoms with Gasteiger partial charge in [0.1, 0.15) is 17.5 Å². The molecule has 0 saturated carbocycles. The summed E-state index contributed by atoms with van der Waals surface area (Å²) in [6, 6.07) is 3.72. The smallest absolute Gasteiger partial charge is 0.410 e. The molecule has 2 aromatic rings. The second-order valence-electron chi connectivity index (χ2n) is 11.9. The number of hydrogen-bond donors (Lipinski definition) is 0. The number of benzene rings is 1. The number of carbonyl (C=O) groups is 2. The number of unbranched alkanes of at least 4 members (excludes halogenated alkanes) is 1. The van der Waals surface area contributed by atoms with Gasteiger partial charge < -0.3 is 24.0 Å². The van der Waals surface area contributed by atoms with Gasteiger partial charge in [-0.15, -0.1) is 0 Å². The lowest BCUT2D eigenvalue weighted by Crippen LogP contribution is -2.44. The third kappa shape index (κ3) is 7.58. The van der Waals surface area contributed by atoms with Crippen molar-refractivity contribution in [3.63, 3.8) is 0 Å². The topological polar surface area (TPSA) is 81.2 Å². The molecule has 2 amide bonds. The van der Waals surface area contributed by atoms with Crippen LogP contribution < -0.4 is 9.47 Å². The quantitative estimate of drug-likeness (QED) is 0.297. The first-order chi connectivity index (χ1) is 19.4. The Morgan fingerprint density at radius 1 is 1.12 bits per heavy atom. The lowest BCUT2D eigenvalue weighted by Gasteiger charge is -2.34. The fourth-order valence-corrected chi connectivity index (χ4v) is 5.74. The van der Waals surface area contributed by atoms with Gasteiger partial charge in [-0.25, -0.2) is 9.78 Å². The zero-order valence-electron chi connectivity index (χ0n) is 24.9. The molecule has 0 spiro atoms. The number of aryl methyl sites for hydroxylation is 2. The Morgan fingerprint density at radius 2 is 1.83 bits per heavy atom. The van der Waals surface area contributed by atoms with Gasteiger partial charge in [-0.05, 0) is 64.7 Å². The van der Waals surface area contributed by atoms with Crippen LogP contribution >= 0.6 is 23.2 Å². The number of rotatable bonds is 8. The minimum atomic E-state index is -0.545. The highest BCUT2D eigenvalue weighted by Crippen LogP contribution is 2.40. The molecule has 2 aliphatic rings. The summed E-state index contributed by atoms with van der Waals surface area (Å²) in [5.41, 5.74) is 3.38. The summed E-state index contributed by atoms with van der Waals surface area (Å²) in [5, 5.41) is 0.738. The first-order valence-corrected chi connectivity index (χ1v) is 15.2. The van der Waals surface area contributed by atoms with Crippen molar-refractivity contribution < 1.29 is 23.8 Å². The minimum Gasteiger partial charge on any atom is -0.489 e. The van der Waals surface area contributed by atoms with Crippen LogP contribution in [0.1, 0.15) is 86.1 Å². The van der Waals surface area contributed by atoms with Crippen LogP contribution in [0.4, 0.5) is 4.79 Å². The average molecular weight is 607 g/mol. The number of fused-ring (bicyclic) bond motifs is 1. The second kappa shape index (κ2) is 13.1. The molecule has 0 aliphatic carbocycles. The molecular formula is C31H41Cl2N3O5. The van der Waals surface area contributed by atoms with Gasteiger partial charge in [0.2, 0.25) is 5.88 Å². The van der Waals surface area contributed by atoms with Crippen molar-refractivity contribution in [1.82, 2.24) is 14.8 Å². The Kier molecular flexibility index (Phi) is 9.96. The Morgan fingerprint density at radius 3 is 2.49 bits per heavy atom. The number of ether oxygens (including phenoxy) is 3. The highest BCUT2D eigenvalue weighted by atomic mass is 35.5. The standard InChI is InChI=1S/C31H41Cl2N3O5/c1-7-8-15-39-28-23(19(2)16-20(3)34-28)18-36-14-11-22-24(32)17-25(27(33)26(22)29(36)37)40-21-9-12-35(13-10-21)30(38)41-31(4,5)6/h16-17,21H,7-15,18H2,1-6H3. The van der Waals surface area contributed by atoms with Gasteiger partial charge in [0.15, 0.2) is 0 Å². The number of amides is 2. The molecule has 3 heterocycles. The van der Waals surface area contributed by atoms with Crippen molar-refractivity contribution in [2.24, 2.45) is 0 Å². The highest BCUT2D eigenvalue weighted by Gasteiger charge is 2.33. The van der Waals surface area contributed by atoms with Crippen molar-refractivity contribution in [2.45, 2.75) is 91.9 Å². The predicted molar refractivity (Wildman–Crippen MR) is 160 cm³/mol. The first-order valence-electron chi connectivity index (χ1n) is 14.4. The summed E-state index contributed by atoms with van der Waals surface area (Å²) in [4.78, 5) is 34.4. The summed E-state index contributed by atoms with van der Waals surface area (Å²) in [7, 11) is 0. The van der Waals surface area contributed by atoms with Crippen molar-refractivity contribution in [2.75, 3.05) is 26.2 Å². The second-order valence-corrected chi connectivity index (χ2v) is 12.6. The number of likely N-dealkylation sites (tertiary alicyclic amines) is 1. The van der Waals surface area contributed by atoms with Crippen LogP contribution in [0.25, 0.3) is 0 Å². The molecule has 1 aromatic carbocycles. The molecule has 2 aliphatic heterocycles. The molecule has 10 heteroatoms. The van der Waals surface area contributed by atoms with Crippen molar-refractivity contribution in [3.05, 3.63) is 50.1 Å². The van der Waals surface area contributed by atoms with E-state index in [0.717, 1.165) is 35.2 Å². The molecule has 0 radical (unpaired) electrons. The van der Waals surface area contributed by atoms with Crippen LogP contribution in [-0.2, 0) is 17.7 Å². The number of carbonyl (C=O) groups excluding carboxylic acids is 2. The number of pyridine rings is 1. The lowest BCUT2D eigenvalue weighted by molar-refractivity contribution is 0.0126. The minimum absolute atomic E-state index is 0.167. The van der Waals surface area contributed by atoms with E-state index in [1.165, 1.54) is 0 Å². The van der Waals surface area contributed by atoms with Crippen molar-refractivity contribution >= 4 is 35.2 Å². The van der Waals surface area contributed by atoms with Gasteiger partial charge in [-0.1, -0.05) is 36.5 Å². The van der Waals surface area contributed by atoms with Gasteiger partial charge in [-0.2, -0.15) is 0 Å². The first kappa shape index (κ1) is 31.2. The molecule has 1 saturated heterocycles. The molecular weight excluding hydrogens is 565 g/mol. The molecule has 0 unspecified atom stereocenters. The molecule has 0 N–H and O–H groups in total. The molecule has 1 fully saturated rings. The van der Waals surface area contributed by atoms with Gasteiger partial charge in [0, 0.05) is 54.8 Å². The number of aromatic nitrogens is 1. The van der Waals surface area contributed by atoms with Gasteiger partial charge in [0.05, 0.1) is 23.7 Å². The molecule has 1 aromatic heterocycles. The van der Waals surface area contributed by atoms with Crippen LogP contribution in [0.5, 0.6) is 11.6 Å². The summed E-state index contributed by atoms with van der Waals surface area (Å²) < 4.78 is 17.8. The Hall–Kier alpha value is -2.71. The van der Waals surface area contributed by atoms with E-state index in [4.69, 9.17) is 37.4 Å². The van der Waals surface area contributed by atoms with E-state index in [9.17, 15) is 9.59 Å². The van der Waals surface area contributed by atoms with Crippen LogP contribution in [-0.4, -0.2) is 64.7 Å². The van der Waals surface area contributed by atoms with Crippen LogP contribution in [0.3, 0.4) is 0 Å². The Bertz CT molecular complexity index is 1290. The zero-order valence-corrected chi connectivity index (χ0v) is 26.5. The van der Waals surface area contributed by atoms with E-state index in [0.29, 0.717) is 74.3 Å². The number of piperidine rings is 1. The van der Waals surface area contributed by atoms with E-state index < -0.39 is 5.60 Å². The predicted octanol–water partition coefficient (Wildman–Crippen LogP) is 7.16. The summed E-state index contributed by atoms with van der Waals surface area (Å²) in [6.45, 7) is 14.1. The number of hydrogen-bond acceptors (Lipinski definition) is 6. The van der Waals surface area contributed by atoms with E-state index in [2.05, 4.69) is 11.9 Å². The van der Waals surface area contributed by atoms with Crippen LogP contribution in [0.2, 0.25) is 10.0 Å². The SMILES string of the molecule is CCCCOc1nc(C)cc(C)c1CN1CCc2c(Cl)cc(OC3CCN(C(=O)OC(C)(C)C)CC3)c(Cl)c2C1=O. The normalized spacial score (nSPS) is 16.0. The molecule has 0 atom stereocenters. The van der Waals surface area contributed by atoms with E-state index in [-0.39, 0.29) is 23.1 Å². The van der Waals surface area contributed by atoms with Gasteiger partial charge >= 0.3 is 6.09 Å². The summed E-state index contributed by atoms with van der Waals surface area (Å²) >= 11 is 13.5. The third-order valence-corrected chi connectivity index (χ3v) is 8.04. The average Bonchev–Trinajstić information content (AvgIpc) is 2.89. The summed E-state index contributed by atoms with van der Waals surface area (Å²) in [6.07, 6.45) is 3.28. The van der Waals surface area contributed by atoms with E-state index in [1.54, 1.807) is 15.9 Å². The number of halogens is 2. The lowest BCUT2D eigenvalue weighted by atomic mass is 9.97. The molecule has 4 rings (SSSR count). The zero-order chi connectivity index (χ0) is 29.9. The van der Waals surface area contributed by atoms with Crippen LogP contribution in [0.15, 0.2) is 12.1 Å². The van der Waals surface area contributed by atoms with E-state index >= 15 is 0 Å². The van der Waals surface area contributed by atoms with Crippen molar-refractivity contribution in [3.8, 4) is 11.6 Å². The maximum atomic E-state index is 13.8. The Balaban J connectivity index is 1.49. The maximum Gasteiger partial charge on any atom is 0.410 e. The van der Waals surface area contributed by atoms with Gasteiger partial charge in [0.25, 0.3) is 5.91 Å². The molecule has 224 valence electrons. The highest BCUT2D eigenvalue weighted by molar-refractivity contribution is 6.38. The van der Waals surface area contributed by atoms with Crippen LogP contribution in [0, 0.1) is 13.8 Å². The monoisotopic (exact) mass is 605 g/mol. The molecule has 41 heavy (non-hydrogen) atoms. The summed E-state index contributed by atoms with van der Waals surface area (Å²) in [5.74, 6) is 0.773. The van der Waals surface area contributed by atoms with E-state index in [1.807, 2.05) is 40.7 Å². The molecule has 0 bridgehead atoms. The third-order valence-electron chi connectivity index (χ3n) is 7.33. The fraction of sp³-hybridized carbons (Fsp3) is 0.581.